The fourth-order valence-electron chi connectivity index (χ4n) is 1.85. The molecule has 7 heteroatoms. The second-order valence-electron chi connectivity index (χ2n) is 4.38. The van der Waals surface area contributed by atoms with Crippen molar-refractivity contribution in [2.45, 2.75) is 17.9 Å². The molecule has 2 aromatic rings. The van der Waals surface area contributed by atoms with E-state index in [1.165, 1.54) is 6.07 Å². The van der Waals surface area contributed by atoms with E-state index in [4.69, 9.17) is 5.11 Å². The molecule has 0 fully saturated rings. The van der Waals surface area contributed by atoms with Gasteiger partial charge < -0.3 is 5.11 Å². The van der Waals surface area contributed by atoms with Crippen LogP contribution in [-0.4, -0.2) is 25.1 Å². The molecule has 2 N–H and O–H groups in total. The molecule has 5 nitrogen and oxygen atoms in total. The minimum Gasteiger partial charge on any atom is -0.392 e. The van der Waals surface area contributed by atoms with E-state index in [9.17, 15) is 12.8 Å². The van der Waals surface area contributed by atoms with Crippen molar-refractivity contribution in [3.8, 4) is 0 Å². The fraction of sp³-hybridized carbons (Fsp3) is 0.214. The minimum atomic E-state index is -3.87. The maximum atomic E-state index is 13.2. The van der Waals surface area contributed by atoms with Crippen LogP contribution >= 0.6 is 0 Å². The van der Waals surface area contributed by atoms with Crippen molar-refractivity contribution in [2.75, 3.05) is 6.54 Å². The molecule has 1 aromatic carbocycles. The van der Waals surface area contributed by atoms with Crippen LogP contribution < -0.4 is 4.72 Å². The van der Waals surface area contributed by atoms with Gasteiger partial charge in [0.2, 0.25) is 10.0 Å². The largest absolute Gasteiger partial charge is 0.392 e. The summed E-state index contributed by atoms with van der Waals surface area (Å²) >= 11 is 0. The molecular weight excluding hydrogens is 295 g/mol. The Morgan fingerprint density at radius 3 is 2.71 bits per heavy atom. The highest BCUT2D eigenvalue weighted by molar-refractivity contribution is 7.89. The number of aliphatic hydroxyl groups is 1. The van der Waals surface area contributed by atoms with E-state index in [2.05, 4.69) is 9.71 Å². The lowest BCUT2D eigenvalue weighted by Gasteiger charge is -2.10. The third-order valence-corrected chi connectivity index (χ3v) is 4.43. The molecule has 0 aliphatic rings. The van der Waals surface area contributed by atoms with E-state index < -0.39 is 22.4 Å². The molecule has 0 spiro atoms. The van der Waals surface area contributed by atoms with Crippen molar-refractivity contribution < 1.29 is 17.9 Å². The van der Waals surface area contributed by atoms with Gasteiger partial charge in [-0.15, -0.1) is 0 Å². The van der Waals surface area contributed by atoms with Crippen LogP contribution in [0, 0.1) is 5.82 Å². The van der Waals surface area contributed by atoms with Gasteiger partial charge in [0, 0.05) is 24.9 Å². The first-order valence-corrected chi connectivity index (χ1v) is 7.80. The van der Waals surface area contributed by atoms with Crippen molar-refractivity contribution in [3.05, 3.63) is 59.7 Å². The molecule has 0 bridgehead atoms. The van der Waals surface area contributed by atoms with Crippen LogP contribution in [0.1, 0.15) is 11.3 Å². The Bertz CT molecular complexity index is 705. The number of halogens is 1. The second-order valence-corrected chi connectivity index (χ2v) is 6.11. The van der Waals surface area contributed by atoms with Crippen molar-refractivity contribution in [3.63, 3.8) is 0 Å². The van der Waals surface area contributed by atoms with Crippen LogP contribution in [-0.2, 0) is 23.1 Å². The standard InChI is InChI=1S/C14H15FN2O3S/c15-12-5-4-11(10-18)14(9-12)21(19,20)17-8-6-13-3-1-2-7-16-13/h1-5,7,9,17-18H,6,8,10H2. The molecule has 1 aromatic heterocycles. The summed E-state index contributed by atoms with van der Waals surface area (Å²) in [7, 11) is -3.87. The van der Waals surface area contributed by atoms with Gasteiger partial charge in [-0.25, -0.2) is 17.5 Å². The molecule has 0 aliphatic heterocycles. The minimum absolute atomic E-state index is 0.140. The topological polar surface area (TPSA) is 79.3 Å². The van der Waals surface area contributed by atoms with E-state index in [0.717, 1.165) is 17.8 Å². The van der Waals surface area contributed by atoms with Gasteiger partial charge in [-0.05, 0) is 29.8 Å². The smallest absolute Gasteiger partial charge is 0.241 e. The zero-order valence-corrected chi connectivity index (χ0v) is 12.0. The molecular formula is C14H15FN2O3S. The molecule has 21 heavy (non-hydrogen) atoms. The number of hydrogen-bond donors (Lipinski definition) is 2. The van der Waals surface area contributed by atoms with Crippen LogP contribution in [0.3, 0.4) is 0 Å². The third-order valence-electron chi connectivity index (χ3n) is 2.89. The van der Waals surface area contributed by atoms with Gasteiger partial charge in [-0.2, -0.15) is 0 Å². The van der Waals surface area contributed by atoms with Gasteiger partial charge in [-0.3, -0.25) is 4.98 Å². The van der Waals surface area contributed by atoms with Crippen LogP contribution in [0.15, 0.2) is 47.5 Å². The lowest BCUT2D eigenvalue weighted by molar-refractivity contribution is 0.278. The van der Waals surface area contributed by atoms with Crippen molar-refractivity contribution in [1.82, 2.24) is 9.71 Å². The molecule has 0 unspecified atom stereocenters. The molecule has 0 saturated heterocycles. The van der Waals surface area contributed by atoms with E-state index in [1.807, 2.05) is 6.07 Å². The number of sulfonamides is 1. The zero-order chi connectivity index (χ0) is 15.3. The van der Waals surface area contributed by atoms with E-state index in [1.54, 1.807) is 18.3 Å². The summed E-state index contributed by atoms with van der Waals surface area (Å²) in [6.45, 7) is -0.336. The van der Waals surface area contributed by atoms with Crippen molar-refractivity contribution in [1.29, 1.82) is 0 Å². The first-order chi connectivity index (χ1) is 10.0. The Kier molecular flexibility index (Phi) is 5.00. The summed E-state index contributed by atoms with van der Waals surface area (Å²) in [5.41, 5.74) is 0.906. The number of nitrogens with zero attached hydrogens (tertiary/aromatic N) is 1. The van der Waals surface area contributed by atoms with Crippen molar-refractivity contribution in [2.24, 2.45) is 0 Å². The van der Waals surface area contributed by atoms with Gasteiger partial charge in [0.15, 0.2) is 0 Å². The maximum absolute atomic E-state index is 13.2. The van der Waals surface area contributed by atoms with E-state index in [-0.39, 0.29) is 17.0 Å². The average molecular weight is 310 g/mol. The van der Waals surface area contributed by atoms with Crippen LogP contribution in [0.4, 0.5) is 4.39 Å². The predicted molar refractivity (Wildman–Crippen MR) is 75.5 cm³/mol. The first kappa shape index (κ1) is 15.6. The number of aliphatic hydroxyl groups excluding tert-OH is 1. The molecule has 0 radical (unpaired) electrons. The summed E-state index contributed by atoms with van der Waals surface area (Å²) < 4.78 is 39.9. The fourth-order valence-corrected chi connectivity index (χ4v) is 3.12. The number of pyridine rings is 1. The monoisotopic (exact) mass is 310 g/mol. The van der Waals surface area contributed by atoms with E-state index in [0.29, 0.717) is 6.42 Å². The highest BCUT2D eigenvalue weighted by Crippen LogP contribution is 2.17. The number of rotatable bonds is 6. The summed E-state index contributed by atoms with van der Waals surface area (Å²) in [4.78, 5) is 3.84. The second kappa shape index (κ2) is 6.75. The molecule has 112 valence electrons. The number of nitrogens with one attached hydrogen (secondary N) is 1. The summed E-state index contributed by atoms with van der Waals surface area (Å²) in [5.74, 6) is -0.669. The molecule has 0 atom stereocenters. The van der Waals surface area contributed by atoms with Crippen LogP contribution in [0.2, 0.25) is 0 Å². The summed E-state index contributed by atoms with van der Waals surface area (Å²) in [6.07, 6.45) is 2.05. The highest BCUT2D eigenvalue weighted by atomic mass is 32.2. The Labute approximate surface area is 122 Å². The van der Waals surface area contributed by atoms with E-state index >= 15 is 0 Å². The molecule has 0 amide bonds. The van der Waals surface area contributed by atoms with Gasteiger partial charge in [0.1, 0.15) is 5.82 Å². The number of hydrogen-bond acceptors (Lipinski definition) is 4. The van der Waals surface area contributed by atoms with Gasteiger partial charge in [0.25, 0.3) is 0 Å². The number of aromatic nitrogens is 1. The third kappa shape index (κ3) is 4.07. The summed E-state index contributed by atoms with van der Waals surface area (Å²) in [6, 6.07) is 8.63. The summed E-state index contributed by atoms with van der Waals surface area (Å²) in [5, 5.41) is 9.15. The van der Waals surface area contributed by atoms with Gasteiger partial charge >= 0.3 is 0 Å². The average Bonchev–Trinajstić information content (AvgIpc) is 2.48. The molecule has 0 aliphatic carbocycles. The lowest BCUT2D eigenvalue weighted by atomic mass is 10.2. The number of benzene rings is 1. The Hall–Kier alpha value is -1.83. The SMILES string of the molecule is O=S(=O)(NCCc1ccccn1)c1cc(F)ccc1CO. The van der Waals surface area contributed by atoms with Crippen LogP contribution in [0.25, 0.3) is 0 Å². The Morgan fingerprint density at radius 1 is 1.24 bits per heavy atom. The van der Waals surface area contributed by atoms with Crippen LogP contribution in [0.5, 0.6) is 0 Å². The predicted octanol–water partition coefficient (Wildman–Crippen LogP) is 1.23. The van der Waals surface area contributed by atoms with Gasteiger partial charge in [0.05, 0.1) is 11.5 Å². The Balaban J connectivity index is 2.10. The lowest BCUT2D eigenvalue weighted by Crippen LogP contribution is -2.27. The highest BCUT2D eigenvalue weighted by Gasteiger charge is 2.18. The first-order valence-electron chi connectivity index (χ1n) is 6.32. The van der Waals surface area contributed by atoms with Crippen molar-refractivity contribution >= 4 is 10.0 Å². The van der Waals surface area contributed by atoms with Gasteiger partial charge in [-0.1, -0.05) is 12.1 Å². The Morgan fingerprint density at radius 2 is 2.05 bits per heavy atom. The quantitative estimate of drug-likeness (QED) is 0.841. The maximum Gasteiger partial charge on any atom is 0.241 e. The normalized spacial score (nSPS) is 11.5. The molecule has 2 rings (SSSR count). The zero-order valence-electron chi connectivity index (χ0n) is 11.2. The molecule has 1 heterocycles. The molecule has 0 saturated carbocycles.